The number of imidazole rings is 1. The Morgan fingerprint density at radius 1 is 1.00 bits per heavy atom. The van der Waals surface area contributed by atoms with Crippen LogP contribution in [0.3, 0.4) is 0 Å². The summed E-state index contributed by atoms with van der Waals surface area (Å²) in [5.41, 5.74) is 6.64. The normalized spacial score (nSPS) is 14.4. The Balaban J connectivity index is 2.92. The second kappa shape index (κ2) is 15.8. The van der Waals surface area contributed by atoms with Crippen molar-refractivity contribution in [1.29, 1.82) is 0 Å². The van der Waals surface area contributed by atoms with Gasteiger partial charge in [0, 0.05) is 24.7 Å². The molecule has 1 aromatic heterocycles. The molecule has 36 heavy (non-hydrogen) atoms. The van der Waals surface area contributed by atoms with Crippen LogP contribution in [0.4, 0.5) is 0 Å². The lowest BCUT2D eigenvalue weighted by molar-refractivity contribution is -0.143. The van der Waals surface area contributed by atoms with Gasteiger partial charge in [0.05, 0.1) is 12.4 Å². The molecule has 1 rings (SSSR count). The van der Waals surface area contributed by atoms with Gasteiger partial charge in [0.1, 0.15) is 18.1 Å². The summed E-state index contributed by atoms with van der Waals surface area (Å²) in [4.78, 5) is 67.6. The van der Waals surface area contributed by atoms with Crippen molar-refractivity contribution in [2.75, 3.05) is 12.0 Å². The van der Waals surface area contributed by atoms with Crippen molar-refractivity contribution in [1.82, 2.24) is 25.9 Å². The van der Waals surface area contributed by atoms with Gasteiger partial charge in [-0.15, -0.1) is 0 Å². The van der Waals surface area contributed by atoms with E-state index in [1.807, 2.05) is 20.1 Å². The summed E-state index contributed by atoms with van der Waals surface area (Å²) in [5, 5.41) is 25.7. The van der Waals surface area contributed by atoms with Crippen LogP contribution < -0.4 is 21.7 Å². The molecular formula is C22H36N6O7S. The number of carbonyl (C=O) groups is 5. The number of nitrogens with zero attached hydrogens (tertiary/aromatic N) is 1. The van der Waals surface area contributed by atoms with Crippen molar-refractivity contribution in [2.45, 2.75) is 70.1 Å². The van der Waals surface area contributed by atoms with Gasteiger partial charge < -0.3 is 36.9 Å². The second-order valence-corrected chi connectivity index (χ2v) is 9.74. The Labute approximate surface area is 213 Å². The predicted octanol–water partition coefficient (Wildman–Crippen LogP) is -0.517. The fourth-order valence-corrected chi connectivity index (χ4v) is 3.75. The van der Waals surface area contributed by atoms with E-state index in [4.69, 9.17) is 10.8 Å². The summed E-state index contributed by atoms with van der Waals surface area (Å²) in [7, 11) is 0. The van der Waals surface area contributed by atoms with E-state index in [9.17, 15) is 29.1 Å². The first kappa shape index (κ1) is 30.9. The van der Waals surface area contributed by atoms with Crippen LogP contribution >= 0.6 is 11.8 Å². The number of hydrogen-bond acceptors (Lipinski definition) is 8. The van der Waals surface area contributed by atoms with Crippen LogP contribution in [0, 0.1) is 5.92 Å². The van der Waals surface area contributed by atoms with Gasteiger partial charge in [-0.3, -0.25) is 19.2 Å². The Bertz CT molecular complexity index is 880. The van der Waals surface area contributed by atoms with Gasteiger partial charge in [0.25, 0.3) is 0 Å². The first-order valence-electron chi connectivity index (χ1n) is 11.5. The number of carboxylic acid groups (broad SMARTS) is 2. The van der Waals surface area contributed by atoms with E-state index in [-0.39, 0.29) is 31.6 Å². The third-order valence-electron chi connectivity index (χ3n) is 5.18. The van der Waals surface area contributed by atoms with Crippen LogP contribution in [0.15, 0.2) is 12.5 Å². The average molecular weight is 529 g/mol. The molecule has 0 saturated heterocycles. The number of rotatable bonds is 17. The smallest absolute Gasteiger partial charge is 0.326 e. The largest absolute Gasteiger partial charge is 0.481 e. The van der Waals surface area contributed by atoms with Crippen molar-refractivity contribution in [3.63, 3.8) is 0 Å². The highest BCUT2D eigenvalue weighted by molar-refractivity contribution is 7.98. The summed E-state index contributed by atoms with van der Waals surface area (Å²) in [5.74, 6) is -3.96. The minimum absolute atomic E-state index is 0.0239. The molecule has 0 radical (unpaired) electrons. The van der Waals surface area contributed by atoms with E-state index in [0.717, 1.165) is 0 Å². The van der Waals surface area contributed by atoms with Crippen molar-refractivity contribution < 1.29 is 34.2 Å². The second-order valence-electron chi connectivity index (χ2n) is 8.75. The van der Waals surface area contributed by atoms with Crippen molar-refractivity contribution >= 4 is 41.4 Å². The molecule has 0 fully saturated rings. The minimum atomic E-state index is -1.42. The van der Waals surface area contributed by atoms with Crippen LogP contribution in [-0.4, -0.2) is 86.0 Å². The summed E-state index contributed by atoms with van der Waals surface area (Å²) in [6.45, 7) is 3.74. The summed E-state index contributed by atoms with van der Waals surface area (Å²) < 4.78 is 0. The monoisotopic (exact) mass is 528 g/mol. The number of thioether (sulfide) groups is 1. The van der Waals surface area contributed by atoms with Crippen molar-refractivity contribution in [3.05, 3.63) is 18.2 Å². The highest BCUT2D eigenvalue weighted by Gasteiger charge is 2.30. The molecule has 8 N–H and O–H groups in total. The molecule has 0 aliphatic heterocycles. The standard InChI is InChI=1S/C22H36N6O7S/c1-12(2)8-17(28-19(31)14(23)9-13-10-24-11-25-13)21(33)26-15(6-7-36-3)20(32)27-16(22(34)35)4-5-18(29)30/h10-12,14-17H,4-9,23H2,1-3H3,(H,24,25)(H,26,33)(H,27,32)(H,28,31)(H,29,30)(H,34,35). The Hall–Kier alpha value is -3.13. The average Bonchev–Trinajstić information content (AvgIpc) is 3.30. The molecule has 4 unspecified atom stereocenters. The molecule has 13 nitrogen and oxygen atoms in total. The molecule has 0 spiro atoms. The highest BCUT2D eigenvalue weighted by atomic mass is 32.2. The number of nitrogens with one attached hydrogen (secondary N) is 4. The van der Waals surface area contributed by atoms with E-state index in [1.165, 1.54) is 18.1 Å². The molecule has 0 bridgehead atoms. The fourth-order valence-electron chi connectivity index (χ4n) is 3.28. The zero-order valence-corrected chi connectivity index (χ0v) is 21.5. The molecule has 0 aliphatic rings. The lowest BCUT2D eigenvalue weighted by atomic mass is 10.0. The Kier molecular flexibility index (Phi) is 13.5. The molecule has 14 heteroatoms. The summed E-state index contributed by atoms with van der Waals surface area (Å²) in [6, 6.07) is -4.41. The molecule has 3 amide bonds. The minimum Gasteiger partial charge on any atom is -0.481 e. The summed E-state index contributed by atoms with van der Waals surface area (Å²) in [6.07, 6.45) is 4.74. The Morgan fingerprint density at radius 3 is 2.14 bits per heavy atom. The van der Waals surface area contributed by atoms with Crippen LogP contribution in [0.5, 0.6) is 0 Å². The van der Waals surface area contributed by atoms with Gasteiger partial charge in [-0.05, 0) is 37.2 Å². The molecule has 4 atom stereocenters. The number of aromatic nitrogens is 2. The first-order valence-corrected chi connectivity index (χ1v) is 12.9. The zero-order valence-electron chi connectivity index (χ0n) is 20.7. The first-order chi connectivity index (χ1) is 16.9. The number of hydrogen-bond donors (Lipinski definition) is 7. The quantitative estimate of drug-likeness (QED) is 0.137. The topological polar surface area (TPSA) is 217 Å². The number of carbonyl (C=O) groups excluding carboxylic acids is 3. The van der Waals surface area contributed by atoms with Gasteiger partial charge >= 0.3 is 11.9 Å². The Morgan fingerprint density at radius 2 is 1.61 bits per heavy atom. The molecule has 0 saturated carbocycles. The number of aromatic amines is 1. The molecule has 0 aliphatic carbocycles. The van der Waals surface area contributed by atoms with Crippen molar-refractivity contribution in [2.24, 2.45) is 11.7 Å². The van der Waals surface area contributed by atoms with Crippen LogP contribution in [0.1, 0.15) is 45.2 Å². The lowest BCUT2D eigenvalue weighted by Crippen LogP contribution is -2.57. The van der Waals surface area contributed by atoms with E-state index < -0.39 is 60.2 Å². The van der Waals surface area contributed by atoms with Gasteiger partial charge in [-0.25, -0.2) is 9.78 Å². The van der Waals surface area contributed by atoms with E-state index in [2.05, 4.69) is 25.9 Å². The third kappa shape index (κ3) is 11.5. The van der Waals surface area contributed by atoms with Gasteiger partial charge in [-0.2, -0.15) is 11.8 Å². The number of aliphatic carboxylic acids is 2. The molecule has 0 aromatic carbocycles. The van der Waals surface area contributed by atoms with E-state index in [0.29, 0.717) is 11.4 Å². The van der Waals surface area contributed by atoms with Gasteiger partial charge in [0.2, 0.25) is 17.7 Å². The number of H-pyrrole nitrogens is 1. The van der Waals surface area contributed by atoms with Crippen LogP contribution in [0.2, 0.25) is 0 Å². The predicted molar refractivity (Wildman–Crippen MR) is 133 cm³/mol. The maximum atomic E-state index is 13.1. The fraction of sp³-hybridized carbons (Fsp3) is 0.636. The van der Waals surface area contributed by atoms with Gasteiger partial charge in [0.15, 0.2) is 0 Å². The molecule has 1 heterocycles. The van der Waals surface area contributed by atoms with Crippen LogP contribution in [-0.2, 0) is 30.4 Å². The van der Waals surface area contributed by atoms with E-state index >= 15 is 0 Å². The summed E-state index contributed by atoms with van der Waals surface area (Å²) >= 11 is 1.43. The van der Waals surface area contributed by atoms with E-state index in [1.54, 1.807) is 6.20 Å². The highest BCUT2D eigenvalue weighted by Crippen LogP contribution is 2.09. The molecule has 1 aromatic rings. The van der Waals surface area contributed by atoms with Crippen molar-refractivity contribution in [3.8, 4) is 0 Å². The molecule has 202 valence electrons. The van der Waals surface area contributed by atoms with Gasteiger partial charge in [-0.1, -0.05) is 13.8 Å². The SMILES string of the molecule is CSCCC(NC(=O)C(CC(C)C)NC(=O)C(N)Cc1cnc[nH]1)C(=O)NC(CCC(=O)O)C(=O)O. The maximum Gasteiger partial charge on any atom is 0.326 e. The lowest BCUT2D eigenvalue weighted by Gasteiger charge is -2.26. The van der Waals surface area contributed by atoms with Crippen LogP contribution in [0.25, 0.3) is 0 Å². The maximum absolute atomic E-state index is 13.1. The number of carboxylic acids is 2. The zero-order chi connectivity index (χ0) is 27.3. The number of nitrogens with two attached hydrogens (primary N) is 1. The molecular weight excluding hydrogens is 492 g/mol. The third-order valence-corrected chi connectivity index (χ3v) is 5.82. The number of amides is 3.